The summed E-state index contributed by atoms with van der Waals surface area (Å²) in [5.74, 6) is 1.02. The van der Waals surface area contributed by atoms with Gasteiger partial charge >= 0.3 is 0 Å². The molecule has 1 N–H and O–H groups in total. The van der Waals surface area contributed by atoms with Crippen LogP contribution in [0.5, 0.6) is 0 Å². The van der Waals surface area contributed by atoms with Crippen LogP contribution in [0.1, 0.15) is 59.9 Å². The van der Waals surface area contributed by atoms with Crippen molar-refractivity contribution in [1.29, 1.82) is 0 Å². The van der Waals surface area contributed by atoms with E-state index in [1.807, 2.05) is 4.68 Å². The van der Waals surface area contributed by atoms with Crippen molar-refractivity contribution in [3.63, 3.8) is 0 Å². The highest BCUT2D eigenvalue weighted by molar-refractivity contribution is 5.92. The molecule has 1 amide bonds. The van der Waals surface area contributed by atoms with Gasteiger partial charge in [0.1, 0.15) is 12.1 Å². The van der Waals surface area contributed by atoms with Crippen LogP contribution in [-0.4, -0.2) is 50.0 Å². The third-order valence-corrected chi connectivity index (χ3v) is 5.65. The fourth-order valence-electron chi connectivity index (χ4n) is 4.00. The number of anilines is 1. The number of nitrogens with zero attached hydrogens (tertiary/aromatic N) is 6. The number of carbonyl (C=O) groups excluding carboxylic acids is 1. The fourth-order valence-corrected chi connectivity index (χ4v) is 4.00. The molecule has 5 rings (SSSR count). The smallest absolute Gasteiger partial charge is 0.273 e. The Bertz CT molecular complexity index is 821. The van der Waals surface area contributed by atoms with E-state index in [1.165, 1.54) is 17.7 Å². The minimum Gasteiger partial charge on any atom is -0.356 e. The van der Waals surface area contributed by atoms with E-state index < -0.39 is 0 Å². The molecule has 2 aromatic heterocycles. The molecule has 136 valence electrons. The first-order valence-corrected chi connectivity index (χ1v) is 9.58. The Kier molecular flexibility index (Phi) is 3.83. The lowest BCUT2D eigenvalue weighted by atomic mass is 10.0. The van der Waals surface area contributed by atoms with Gasteiger partial charge in [0.15, 0.2) is 5.69 Å². The molecule has 0 atom stereocenters. The van der Waals surface area contributed by atoms with Gasteiger partial charge in [-0.15, -0.1) is 5.10 Å². The maximum atomic E-state index is 12.1. The fraction of sp³-hybridized carbons (Fsp3) is 0.611. The summed E-state index contributed by atoms with van der Waals surface area (Å²) in [5, 5.41) is 11.2. The zero-order valence-electron chi connectivity index (χ0n) is 14.8. The molecule has 0 spiro atoms. The molecule has 1 saturated carbocycles. The molecule has 1 saturated heterocycles. The van der Waals surface area contributed by atoms with Crippen LogP contribution in [0.2, 0.25) is 0 Å². The monoisotopic (exact) mass is 353 g/mol. The standard InChI is InChI=1S/C18H23N7O/c26-18(21-12-4-5-12)16-10-25(23-22-16)13-6-8-24(9-7-13)17-14-2-1-3-15(14)19-11-20-17/h10-13H,1-9H2,(H,21,26). The average molecular weight is 353 g/mol. The molecule has 0 bridgehead atoms. The number of fused-ring (bicyclic) bond motifs is 1. The van der Waals surface area contributed by atoms with E-state index in [0.29, 0.717) is 11.7 Å². The number of aryl methyl sites for hydroxylation is 1. The summed E-state index contributed by atoms with van der Waals surface area (Å²) in [4.78, 5) is 23.4. The number of nitrogens with one attached hydrogen (secondary N) is 1. The van der Waals surface area contributed by atoms with Crippen molar-refractivity contribution in [1.82, 2.24) is 30.3 Å². The molecular weight excluding hydrogens is 330 g/mol. The highest BCUT2D eigenvalue weighted by Crippen LogP contribution is 2.31. The Morgan fingerprint density at radius 3 is 2.77 bits per heavy atom. The van der Waals surface area contributed by atoms with Gasteiger partial charge in [-0.05, 0) is 44.9 Å². The van der Waals surface area contributed by atoms with E-state index in [0.717, 1.165) is 57.4 Å². The van der Waals surface area contributed by atoms with Gasteiger partial charge in [-0.1, -0.05) is 5.21 Å². The Hall–Kier alpha value is -2.51. The number of rotatable bonds is 4. The van der Waals surface area contributed by atoms with Crippen LogP contribution >= 0.6 is 0 Å². The molecule has 0 radical (unpaired) electrons. The van der Waals surface area contributed by atoms with Crippen LogP contribution in [0.4, 0.5) is 5.82 Å². The van der Waals surface area contributed by atoms with Gasteiger partial charge in [0.05, 0.1) is 12.2 Å². The van der Waals surface area contributed by atoms with Crippen molar-refractivity contribution in [2.75, 3.05) is 18.0 Å². The number of piperidine rings is 1. The lowest BCUT2D eigenvalue weighted by Crippen LogP contribution is -2.36. The van der Waals surface area contributed by atoms with Gasteiger partial charge in [-0.25, -0.2) is 14.6 Å². The van der Waals surface area contributed by atoms with Crippen LogP contribution in [0.3, 0.4) is 0 Å². The second-order valence-electron chi connectivity index (χ2n) is 7.53. The summed E-state index contributed by atoms with van der Waals surface area (Å²) < 4.78 is 1.86. The van der Waals surface area contributed by atoms with Crippen molar-refractivity contribution in [3.05, 3.63) is 29.5 Å². The lowest BCUT2D eigenvalue weighted by Gasteiger charge is -2.33. The topological polar surface area (TPSA) is 88.8 Å². The Morgan fingerprint density at radius 2 is 1.96 bits per heavy atom. The minimum absolute atomic E-state index is 0.104. The molecule has 8 heteroatoms. The van der Waals surface area contributed by atoms with Crippen LogP contribution in [0, 0.1) is 0 Å². The molecule has 3 aliphatic rings. The predicted molar refractivity (Wildman–Crippen MR) is 95.1 cm³/mol. The van der Waals surface area contributed by atoms with Gasteiger partial charge in [0.2, 0.25) is 0 Å². The molecular formula is C18H23N7O. The van der Waals surface area contributed by atoms with Gasteiger partial charge in [0.25, 0.3) is 5.91 Å². The first kappa shape index (κ1) is 15.7. The molecule has 2 aliphatic carbocycles. The van der Waals surface area contributed by atoms with Crippen molar-refractivity contribution in [3.8, 4) is 0 Å². The molecule has 26 heavy (non-hydrogen) atoms. The molecule has 0 aromatic carbocycles. The largest absolute Gasteiger partial charge is 0.356 e. The lowest BCUT2D eigenvalue weighted by molar-refractivity contribution is 0.0946. The van der Waals surface area contributed by atoms with Crippen molar-refractivity contribution in [2.24, 2.45) is 0 Å². The first-order chi connectivity index (χ1) is 12.8. The number of amides is 1. The second kappa shape index (κ2) is 6.34. The molecule has 0 unspecified atom stereocenters. The zero-order valence-corrected chi connectivity index (χ0v) is 14.8. The van der Waals surface area contributed by atoms with Crippen molar-refractivity contribution >= 4 is 11.7 Å². The van der Waals surface area contributed by atoms with Crippen molar-refractivity contribution in [2.45, 2.75) is 57.0 Å². The number of hydrogen-bond donors (Lipinski definition) is 1. The summed E-state index contributed by atoms with van der Waals surface area (Å²) in [6.45, 7) is 1.88. The molecule has 2 aromatic rings. The summed E-state index contributed by atoms with van der Waals surface area (Å²) in [7, 11) is 0. The third kappa shape index (κ3) is 2.93. The summed E-state index contributed by atoms with van der Waals surface area (Å²) >= 11 is 0. The maximum Gasteiger partial charge on any atom is 0.273 e. The first-order valence-electron chi connectivity index (χ1n) is 9.58. The van der Waals surface area contributed by atoms with Crippen LogP contribution in [0.25, 0.3) is 0 Å². The molecule has 8 nitrogen and oxygen atoms in total. The zero-order chi connectivity index (χ0) is 17.5. The quantitative estimate of drug-likeness (QED) is 0.891. The van der Waals surface area contributed by atoms with E-state index in [-0.39, 0.29) is 11.9 Å². The number of hydrogen-bond acceptors (Lipinski definition) is 6. The highest BCUT2D eigenvalue weighted by Gasteiger charge is 2.28. The summed E-state index contributed by atoms with van der Waals surface area (Å²) in [6.07, 6.45) is 10.9. The van der Waals surface area contributed by atoms with Gasteiger partial charge in [-0.3, -0.25) is 4.79 Å². The van der Waals surface area contributed by atoms with E-state index in [9.17, 15) is 4.79 Å². The predicted octanol–water partition coefficient (Wildman–Crippen LogP) is 1.29. The van der Waals surface area contributed by atoms with E-state index in [2.05, 4.69) is 30.5 Å². The Balaban J connectivity index is 1.24. The maximum absolute atomic E-state index is 12.1. The Labute approximate surface area is 152 Å². The summed E-state index contributed by atoms with van der Waals surface area (Å²) in [6, 6.07) is 0.626. The second-order valence-corrected chi connectivity index (χ2v) is 7.53. The normalized spacial score (nSPS) is 20.2. The molecule has 1 aliphatic heterocycles. The minimum atomic E-state index is -0.104. The van der Waals surface area contributed by atoms with E-state index in [1.54, 1.807) is 12.5 Å². The van der Waals surface area contributed by atoms with Crippen LogP contribution < -0.4 is 10.2 Å². The average Bonchev–Trinajstić information content (AvgIpc) is 3.16. The van der Waals surface area contributed by atoms with Gasteiger partial charge in [-0.2, -0.15) is 0 Å². The third-order valence-electron chi connectivity index (χ3n) is 5.65. The highest BCUT2D eigenvalue weighted by atomic mass is 16.2. The van der Waals surface area contributed by atoms with Crippen LogP contribution in [-0.2, 0) is 12.8 Å². The SMILES string of the molecule is O=C(NC1CC1)c1cn(C2CCN(c3ncnc4c3CCC4)CC2)nn1. The number of aromatic nitrogens is 5. The number of carbonyl (C=O) groups is 1. The molecule has 3 heterocycles. The molecule has 2 fully saturated rings. The van der Waals surface area contributed by atoms with Crippen LogP contribution in [0.15, 0.2) is 12.5 Å². The summed E-state index contributed by atoms with van der Waals surface area (Å²) in [5.41, 5.74) is 2.98. The van der Waals surface area contributed by atoms with Crippen molar-refractivity contribution < 1.29 is 4.79 Å². The Morgan fingerprint density at radius 1 is 1.12 bits per heavy atom. The van der Waals surface area contributed by atoms with E-state index >= 15 is 0 Å². The van der Waals surface area contributed by atoms with Gasteiger partial charge < -0.3 is 10.2 Å². The van der Waals surface area contributed by atoms with Gasteiger partial charge in [0, 0.05) is 30.4 Å². The van der Waals surface area contributed by atoms with E-state index in [4.69, 9.17) is 0 Å².